The summed E-state index contributed by atoms with van der Waals surface area (Å²) in [5.74, 6) is 1.22. The van der Waals surface area contributed by atoms with Crippen molar-refractivity contribution in [2.75, 3.05) is 33.3 Å². The van der Waals surface area contributed by atoms with Crippen molar-refractivity contribution < 1.29 is 9.53 Å². The molecule has 5 heteroatoms. The molecule has 1 aromatic carbocycles. The van der Waals surface area contributed by atoms with Crippen molar-refractivity contribution in [2.45, 2.75) is 19.4 Å². The molecule has 0 aliphatic carbocycles. The topological polar surface area (TPSA) is 67.6 Å². The Morgan fingerprint density at radius 1 is 1.38 bits per heavy atom. The zero-order valence-electron chi connectivity index (χ0n) is 12.7. The summed E-state index contributed by atoms with van der Waals surface area (Å²) in [6.07, 6.45) is 1.86. The average molecular weight is 291 g/mol. The van der Waals surface area contributed by atoms with E-state index >= 15 is 0 Å². The largest absolute Gasteiger partial charge is 0.492 e. The molecule has 116 valence electrons. The molecular formula is C16H25N3O2. The van der Waals surface area contributed by atoms with Crippen LogP contribution in [0.3, 0.4) is 0 Å². The van der Waals surface area contributed by atoms with Crippen LogP contribution in [0.1, 0.15) is 18.4 Å². The summed E-state index contributed by atoms with van der Waals surface area (Å²) in [5.41, 5.74) is 6.73. The molecule has 0 aromatic heterocycles. The van der Waals surface area contributed by atoms with Gasteiger partial charge in [0, 0.05) is 31.6 Å². The Labute approximate surface area is 126 Å². The van der Waals surface area contributed by atoms with Gasteiger partial charge >= 0.3 is 0 Å². The van der Waals surface area contributed by atoms with Crippen molar-refractivity contribution in [1.29, 1.82) is 0 Å². The fourth-order valence-electron chi connectivity index (χ4n) is 2.72. The standard InChI is InChI=1S/C16H25N3O2/c1-18-16(20)13-6-8-19(9-7-13)10-11-21-15-5-3-2-4-14(15)12-17/h2-5,13H,6-12,17H2,1H3,(H,18,20). The van der Waals surface area contributed by atoms with Gasteiger partial charge in [-0.1, -0.05) is 18.2 Å². The first-order chi connectivity index (χ1) is 10.2. The van der Waals surface area contributed by atoms with Crippen molar-refractivity contribution in [3.8, 4) is 5.75 Å². The quantitative estimate of drug-likeness (QED) is 0.820. The SMILES string of the molecule is CNC(=O)C1CCN(CCOc2ccccc2CN)CC1. The molecule has 1 aliphatic rings. The van der Waals surface area contributed by atoms with Crippen LogP contribution in [0.25, 0.3) is 0 Å². The summed E-state index contributed by atoms with van der Waals surface area (Å²) >= 11 is 0. The van der Waals surface area contributed by atoms with E-state index in [2.05, 4.69) is 10.2 Å². The number of carbonyl (C=O) groups excluding carboxylic acids is 1. The van der Waals surface area contributed by atoms with Gasteiger partial charge in [-0.3, -0.25) is 9.69 Å². The first-order valence-electron chi connectivity index (χ1n) is 7.59. The molecule has 1 amide bonds. The van der Waals surface area contributed by atoms with Crippen LogP contribution in [-0.2, 0) is 11.3 Å². The van der Waals surface area contributed by atoms with E-state index in [1.807, 2.05) is 24.3 Å². The van der Waals surface area contributed by atoms with Crippen molar-refractivity contribution in [2.24, 2.45) is 11.7 Å². The van der Waals surface area contributed by atoms with Gasteiger partial charge in [-0.25, -0.2) is 0 Å². The lowest BCUT2D eigenvalue weighted by atomic mass is 9.96. The van der Waals surface area contributed by atoms with E-state index in [4.69, 9.17) is 10.5 Å². The van der Waals surface area contributed by atoms with Gasteiger partial charge in [0.25, 0.3) is 0 Å². The summed E-state index contributed by atoms with van der Waals surface area (Å²) in [6, 6.07) is 7.88. The maximum absolute atomic E-state index is 11.6. The van der Waals surface area contributed by atoms with Crippen LogP contribution in [0.5, 0.6) is 5.75 Å². The third-order valence-electron chi connectivity index (χ3n) is 4.06. The van der Waals surface area contributed by atoms with Crippen LogP contribution in [0.2, 0.25) is 0 Å². The number of hydrogen-bond acceptors (Lipinski definition) is 4. The highest BCUT2D eigenvalue weighted by atomic mass is 16.5. The number of nitrogens with two attached hydrogens (primary N) is 1. The second kappa shape index (κ2) is 8.00. The molecule has 5 nitrogen and oxygen atoms in total. The van der Waals surface area contributed by atoms with E-state index < -0.39 is 0 Å². The van der Waals surface area contributed by atoms with E-state index in [1.165, 1.54) is 0 Å². The van der Waals surface area contributed by atoms with Gasteiger partial charge < -0.3 is 15.8 Å². The molecule has 0 atom stereocenters. The molecule has 1 heterocycles. The number of ether oxygens (including phenoxy) is 1. The summed E-state index contributed by atoms with van der Waals surface area (Å²) in [6.45, 7) is 3.95. The molecule has 1 fully saturated rings. The number of nitrogens with zero attached hydrogens (tertiary/aromatic N) is 1. The molecule has 1 aliphatic heterocycles. The second-order valence-electron chi connectivity index (χ2n) is 5.39. The van der Waals surface area contributed by atoms with E-state index in [1.54, 1.807) is 7.05 Å². The van der Waals surface area contributed by atoms with Gasteiger partial charge in [-0.05, 0) is 32.0 Å². The number of nitrogens with one attached hydrogen (secondary N) is 1. The number of likely N-dealkylation sites (tertiary alicyclic amines) is 1. The minimum absolute atomic E-state index is 0.169. The maximum atomic E-state index is 11.6. The minimum atomic E-state index is 0.169. The molecule has 2 rings (SSSR count). The van der Waals surface area contributed by atoms with Crippen molar-refractivity contribution in [1.82, 2.24) is 10.2 Å². The fraction of sp³-hybridized carbons (Fsp3) is 0.562. The van der Waals surface area contributed by atoms with E-state index in [-0.39, 0.29) is 11.8 Å². The summed E-state index contributed by atoms with van der Waals surface area (Å²) in [4.78, 5) is 13.9. The average Bonchev–Trinajstić information content (AvgIpc) is 2.55. The third kappa shape index (κ3) is 4.44. The van der Waals surface area contributed by atoms with Gasteiger partial charge in [0.15, 0.2) is 0 Å². The van der Waals surface area contributed by atoms with Gasteiger partial charge in [0.1, 0.15) is 12.4 Å². The molecule has 1 aromatic rings. The summed E-state index contributed by atoms with van der Waals surface area (Å²) < 4.78 is 5.83. The van der Waals surface area contributed by atoms with Crippen molar-refractivity contribution >= 4 is 5.91 Å². The summed E-state index contributed by atoms with van der Waals surface area (Å²) in [5, 5.41) is 2.73. The Kier molecular flexibility index (Phi) is 6.02. The van der Waals surface area contributed by atoms with Crippen LogP contribution >= 0.6 is 0 Å². The normalized spacial score (nSPS) is 16.7. The maximum Gasteiger partial charge on any atom is 0.222 e. The molecular weight excluding hydrogens is 266 g/mol. The number of para-hydroxylation sites is 1. The lowest BCUT2D eigenvalue weighted by molar-refractivity contribution is -0.125. The Balaban J connectivity index is 1.72. The number of benzene rings is 1. The molecule has 0 unspecified atom stereocenters. The Morgan fingerprint density at radius 3 is 2.76 bits per heavy atom. The zero-order valence-corrected chi connectivity index (χ0v) is 12.7. The number of rotatable bonds is 6. The highest BCUT2D eigenvalue weighted by molar-refractivity contribution is 5.78. The van der Waals surface area contributed by atoms with Gasteiger partial charge in [-0.2, -0.15) is 0 Å². The Morgan fingerprint density at radius 2 is 2.10 bits per heavy atom. The monoisotopic (exact) mass is 291 g/mol. The predicted octanol–water partition coefficient (Wildman–Crippen LogP) is 0.982. The van der Waals surface area contributed by atoms with E-state index in [9.17, 15) is 4.79 Å². The number of hydrogen-bond donors (Lipinski definition) is 2. The lowest BCUT2D eigenvalue weighted by Crippen LogP contribution is -2.41. The molecule has 21 heavy (non-hydrogen) atoms. The van der Waals surface area contributed by atoms with Gasteiger partial charge in [-0.15, -0.1) is 0 Å². The molecule has 0 spiro atoms. The van der Waals surface area contributed by atoms with Crippen LogP contribution in [-0.4, -0.2) is 44.1 Å². The smallest absolute Gasteiger partial charge is 0.222 e. The van der Waals surface area contributed by atoms with E-state index in [0.29, 0.717) is 13.2 Å². The molecule has 0 bridgehead atoms. The number of amides is 1. The highest BCUT2D eigenvalue weighted by Gasteiger charge is 2.23. The number of piperidine rings is 1. The van der Waals surface area contributed by atoms with Crippen molar-refractivity contribution in [3.05, 3.63) is 29.8 Å². The Hall–Kier alpha value is -1.59. The fourth-order valence-corrected chi connectivity index (χ4v) is 2.72. The first kappa shape index (κ1) is 15.8. The zero-order chi connectivity index (χ0) is 15.1. The predicted molar refractivity (Wildman–Crippen MR) is 83.1 cm³/mol. The van der Waals surface area contributed by atoms with Gasteiger partial charge in [0.2, 0.25) is 5.91 Å². The molecule has 3 N–H and O–H groups in total. The molecule has 1 saturated heterocycles. The highest BCUT2D eigenvalue weighted by Crippen LogP contribution is 2.19. The van der Waals surface area contributed by atoms with Gasteiger partial charge in [0.05, 0.1) is 0 Å². The van der Waals surface area contributed by atoms with Crippen molar-refractivity contribution in [3.63, 3.8) is 0 Å². The molecule has 0 saturated carbocycles. The van der Waals surface area contributed by atoms with Crippen LogP contribution < -0.4 is 15.8 Å². The first-order valence-corrected chi connectivity index (χ1v) is 7.59. The second-order valence-corrected chi connectivity index (χ2v) is 5.39. The van der Waals surface area contributed by atoms with E-state index in [0.717, 1.165) is 43.8 Å². The third-order valence-corrected chi connectivity index (χ3v) is 4.06. The van der Waals surface area contributed by atoms with Crippen LogP contribution in [0.4, 0.5) is 0 Å². The molecule has 0 radical (unpaired) electrons. The summed E-state index contributed by atoms with van der Waals surface area (Å²) in [7, 11) is 1.71. The number of carbonyl (C=O) groups is 1. The minimum Gasteiger partial charge on any atom is -0.492 e. The van der Waals surface area contributed by atoms with Crippen LogP contribution in [0, 0.1) is 5.92 Å². The lowest BCUT2D eigenvalue weighted by Gasteiger charge is -2.30. The Bertz CT molecular complexity index is 457. The van der Waals surface area contributed by atoms with Crippen LogP contribution in [0.15, 0.2) is 24.3 Å².